The normalized spacial score (nSPS) is 16.9. The highest BCUT2D eigenvalue weighted by molar-refractivity contribution is 6.26. The zero-order chi connectivity index (χ0) is 20.0. The maximum absolute atomic E-state index is 13.4. The maximum atomic E-state index is 13.4. The molecule has 1 aromatic heterocycles. The molecule has 2 aromatic carbocycles. The Balaban J connectivity index is 1.55. The van der Waals surface area contributed by atoms with Crippen molar-refractivity contribution < 1.29 is 4.79 Å². The molecule has 0 radical (unpaired) electrons. The molecule has 0 bridgehead atoms. The van der Waals surface area contributed by atoms with Gasteiger partial charge in [0, 0.05) is 54.6 Å². The van der Waals surface area contributed by atoms with Gasteiger partial charge in [0.2, 0.25) is 0 Å². The fourth-order valence-electron chi connectivity index (χ4n) is 4.67. The number of hydrogen-bond donors (Lipinski definition) is 0. The van der Waals surface area contributed by atoms with E-state index in [0.29, 0.717) is 23.1 Å². The van der Waals surface area contributed by atoms with E-state index in [-0.39, 0.29) is 11.3 Å². The Bertz CT molecular complexity index is 1160. The molecule has 29 heavy (non-hydrogen) atoms. The van der Waals surface area contributed by atoms with Gasteiger partial charge in [0.15, 0.2) is 5.78 Å². The molecule has 0 spiro atoms. The topological polar surface area (TPSA) is 45.5 Å². The van der Waals surface area contributed by atoms with Gasteiger partial charge in [-0.25, -0.2) is 0 Å². The van der Waals surface area contributed by atoms with Crippen LogP contribution in [0.4, 0.5) is 0 Å². The molecule has 0 amide bonds. The van der Waals surface area contributed by atoms with Crippen molar-refractivity contribution >= 4 is 16.6 Å². The van der Waals surface area contributed by atoms with Crippen LogP contribution in [0.25, 0.3) is 22.0 Å². The summed E-state index contributed by atoms with van der Waals surface area (Å²) in [7, 11) is 2.16. The number of rotatable bonds is 4. The van der Waals surface area contributed by atoms with Crippen molar-refractivity contribution in [1.29, 1.82) is 0 Å². The molecule has 5 heteroatoms. The second-order valence-corrected chi connectivity index (χ2v) is 8.10. The van der Waals surface area contributed by atoms with Gasteiger partial charge in [-0.2, -0.15) is 0 Å². The molecule has 148 valence electrons. The van der Waals surface area contributed by atoms with Crippen LogP contribution >= 0.6 is 0 Å². The number of fused-ring (bicyclic) bond motifs is 5. The zero-order valence-corrected chi connectivity index (χ0v) is 16.7. The van der Waals surface area contributed by atoms with Gasteiger partial charge in [0.1, 0.15) is 0 Å². The van der Waals surface area contributed by atoms with E-state index in [2.05, 4.69) is 16.8 Å². The summed E-state index contributed by atoms with van der Waals surface area (Å²) in [6.45, 7) is 5.92. The minimum absolute atomic E-state index is 0.00207. The number of aromatic nitrogens is 1. The predicted octanol–water partition coefficient (Wildman–Crippen LogP) is 2.85. The summed E-state index contributed by atoms with van der Waals surface area (Å²) in [6.07, 6.45) is 0.894. The number of nitrogens with zero attached hydrogens (tertiary/aromatic N) is 3. The summed E-state index contributed by atoms with van der Waals surface area (Å²) in [4.78, 5) is 31.4. The van der Waals surface area contributed by atoms with Gasteiger partial charge in [-0.15, -0.1) is 0 Å². The Morgan fingerprint density at radius 1 is 0.793 bits per heavy atom. The molecule has 5 nitrogen and oxygen atoms in total. The van der Waals surface area contributed by atoms with Crippen LogP contribution in [-0.2, 0) is 6.54 Å². The average Bonchev–Trinajstić information content (AvgIpc) is 3.05. The molecule has 0 unspecified atom stereocenters. The van der Waals surface area contributed by atoms with Crippen molar-refractivity contribution in [2.24, 2.45) is 0 Å². The van der Waals surface area contributed by atoms with Gasteiger partial charge in [0.25, 0.3) is 5.56 Å². The number of ketones is 1. The van der Waals surface area contributed by atoms with Crippen LogP contribution in [0.15, 0.2) is 53.3 Å². The van der Waals surface area contributed by atoms with Crippen molar-refractivity contribution in [3.63, 3.8) is 0 Å². The van der Waals surface area contributed by atoms with E-state index in [9.17, 15) is 9.59 Å². The highest BCUT2D eigenvalue weighted by Gasteiger charge is 2.32. The van der Waals surface area contributed by atoms with Crippen LogP contribution in [0, 0.1) is 0 Å². The number of hydrogen-bond acceptors (Lipinski definition) is 4. The van der Waals surface area contributed by atoms with Gasteiger partial charge in [-0.3, -0.25) is 9.59 Å². The lowest BCUT2D eigenvalue weighted by atomic mass is 10.0. The standard InChI is InChI=1S/C24H25N3O2/c1-25-13-15-26(16-14-25)11-6-12-27-22-18-8-3-4-9-19(18)23(28)21(22)17-7-2-5-10-20(17)24(27)29/h2-5,7-10H,6,11-16H2,1H3. The first kappa shape index (κ1) is 18.3. The zero-order valence-electron chi connectivity index (χ0n) is 16.7. The molecular weight excluding hydrogens is 362 g/mol. The van der Waals surface area contributed by atoms with E-state index in [1.54, 1.807) is 0 Å². The van der Waals surface area contributed by atoms with Gasteiger partial charge < -0.3 is 14.4 Å². The number of benzene rings is 2. The Labute approximate surface area is 170 Å². The summed E-state index contributed by atoms with van der Waals surface area (Å²) in [6, 6.07) is 15.2. The molecular formula is C24H25N3O2. The molecule has 1 aliphatic heterocycles. The third kappa shape index (κ3) is 3.02. The number of likely N-dealkylation sites (N-methyl/N-ethyl adjacent to an activating group) is 1. The van der Waals surface area contributed by atoms with E-state index < -0.39 is 0 Å². The Morgan fingerprint density at radius 2 is 1.45 bits per heavy atom. The van der Waals surface area contributed by atoms with Crippen LogP contribution in [-0.4, -0.2) is 59.9 Å². The first-order valence-electron chi connectivity index (χ1n) is 10.4. The second-order valence-electron chi connectivity index (χ2n) is 8.10. The van der Waals surface area contributed by atoms with Crippen LogP contribution in [0.5, 0.6) is 0 Å². The fraction of sp³-hybridized carbons (Fsp3) is 0.333. The molecule has 2 heterocycles. The number of carbonyl (C=O) groups excluding carboxylic acids is 1. The van der Waals surface area contributed by atoms with Gasteiger partial charge >= 0.3 is 0 Å². The summed E-state index contributed by atoms with van der Waals surface area (Å²) < 4.78 is 1.84. The first-order valence-corrected chi connectivity index (χ1v) is 10.4. The largest absolute Gasteiger partial charge is 0.307 e. The molecule has 0 N–H and O–H groups in total. The summed E-state index contributed by atoms with van der Waals surface area (Å²) in [5.74, 6) is 0.0274. The van der Waals surface area contributed by atoms with E-state index in [1.165, 1.54) is 0 Å². The van der Waals surface area contributed by atoms with E-state index in [0.717, 1.165) is 55.8 Å². The van der Waals surface area contributed by atoms with Crippen LogP contribution in [0.3, 0.4) is 0 Å². The third-order valence-electron chi connectivity index (χ3n) is 6.28. The number of pyridine rings is 1. The summed E-state index contributed by atoms with van der Waals surface area (Å²) in [5, 5.41) is 1.40. The molecule has 3 aromatic rings. The Hall–Kier alpha value is -2.76. The third-order valence-corrected chi connectivity index (χ3v) is 6.28. The predicted molar refractivity (Wildman–Crippen MR) is 116 cm³/mol. The highest BCUT2D eigenvalue weighted by atomic mass is 16.1. The van der Waals surface area contributed by atoms with E-state index >= 15 is 0 Å². The lowest BCUT2D eigenvalue weighted by molar-refractivity contribution is 0.104. The fourth-order valence-corrected chi connectivity index (χ4v) is 4.67. The number of piperazine rings is 1. The molecule has 0 saturated carbocycles. The van der Waals surface area contributed by atoms with Crippen molar-refractivity contribution in [2.75, 3.05) is 39.8 Å². The molecule has 5 rings (SSSR count). The van der Waals surface area contributed by atoms with E-state index in [1.807, 2.05) is 53.1 Å². The van der Waals surface area contributed by atoms with Crippen molar-refractivity contribution in [3.05, 3.63) is 70.0 Å². The molecule has 2 aliphatic rings. The maximum Gasteiger partial charge on any atom is 0.258 e. The average molecular weight is 387 g/mol. The van der Waals surface area contributed by atoms with Gasteiger partial charge in [-0.05, 0) is 26.1 Å². The van der Waals surface area contributed by atoms with Crippen LogP contribution < -0.4 is 5.56 Å². The second kappa shape index (κ2) is 7.25. The lowest BCUT2D eigenvalue weighted by Crippen LogP contribution is -2.44. The van der Waals surface area contributed by atoms with Crippen molar-refractivity contribution in [3.8, 4) is 11.3 Å². The Morgan fingerprint density at radius 3 is 2.21 bits per heavy atom. The van der Waals surface area contributed by atoms with E-state index in [4.69, 9.17) is 0 Å². The Kier molecular flexibility index (Phi) is 4.57. The minimum atomic E-state index is 0.00207. The molecule has 1 fully saturated rings. The molecule has 1 aliphatic carbocycles. The van der Waals surface area contributed by atoms with Gasteiger partial charge in [-0.1, -0.05) is 42.5 Å². The van der Waals surface area contributed by atoms with Crippen molar-refractivity contribution in [1.82, 2.24) is 14.4 Å². The smallest absolute Gasteiger partial charge is 0.258 e. The van der Waals surface area contributed by atoms with Gasteiger partial charge in [0.05, 0.1) is 11.3 Å². The van der Waals surface area contributed by atoms with Crippen LogP contribution in [0.1, 0.15) is 22.3 Å². The lowest BCUT2D eigenvalue weighted by Gasteiger charge is -2.32. The molecule has 1 saturated heterocycles. The SMILES string of the molecule is CN1CCN(CCCn2c3c(c4ccccc4c2=O)C(=O)c2ccccc2-3)CC1. The first-order chi connectivity index (χ1) is 14.1. The summed E-state index contributed by atoms with van der Waals surface area (Å²) >= 11 is 0. The quantitative estimate of drug-likeness (QED) is 0.540. The summed E-state index contributed by atoms with van der Waals surface area (Å²) in [5.41, 5.74) is 3.07. The molecule has 0 atom stereocenters. The minimum Gasteiger partial charge on any atom is -0.307 e. The highest BCUT2D eigenvalue weighted by Crippen LogP contribution is 2.39. The number of carbonyl (C=O) groups is 1. The van der Waals surface area contributed by atoms with Crippen molar-refractivity contribution in [2.45, 2.75) is 13.0 Å². The van der Waals surface area contributed by atoms with Crippen LogP contribution in [0.2, 0.25) is 0 Å². The monoisotopic (exact) mass is 387 g/mol.